The Labute approximate surface area is 162 Å². The van der Waals surface area contributed by atoms with E-state index in [1.54, 1.807) is 0 Å². The van der Waals surface area contributed by atoms with Crippen LogP contribution in [0.1, 0.15) is 44.2 Å². The Hall–Kier alpha value is -0.742. The maximum Gasteiger partial charge on any atom is 0.231 e. The molecule has 0 bridgehead atoms. The summed E-state index contributed by atoms with van der Waals surface area (Å²) in [7, 11) is 0. The normalized spacial score (nSPS) is 12.2. The van der Waals surface area contributed by atoms with Gasteiger partial charge in [-0.2, -0.15) is 0 Å². The molecule has 5 nitrogen and oxygen atoms in total. The van der Waals surface area contributed by atoms with Crippen LogP contribution in [0.15, 0.2) is 12.1 Å². The van der Waals surface area contributed by atoms with Crippen LogP contribution in [0.2, 0.25) is 0 Å². The van der Waals surface area contributed by atoms with Gasteiger partial charge in [0.15, 0.2) is 11.5 Å². The number of rotatable bonds is 13. The van der Waals surface area contributed by atoms with Crippen LogP contribution in [-0.4, -0.2) is 57.8 Å². The summed E-state index contributed by atoms with van der Waals surface area (Å²) in [5.41, 5.74) is 2.44. The standard InChI is InChI=1S/C19H30O5.As/c1-3-5-7-20-8-9-21-10-11-22-14-17-13-19-18(23-15-24-19)12-16(17)6-4-2;/h12-13H,3-11,14-15H2,1-2H3;. The molecular weight excluding hydrogens is 383 g/mol. The van der Waals surface area contributed by atoms with Crippen molar-refractivity contribution in [3.05, 3.63) is 23.3 Å². The Morgan fingerprint density at radius 3 is 2.04 bits per heavy atom. The van der Waals surface area contributed by atoms with Crippen molar-refractivity contribution in [2.45, 2.75) is 46.1 Å². The smallest absolute Gasteiger partial charge is 0.231 e. The van der Waals surface area contributed by atoms with Crippen LogP contribution in [0, 0.1) is 0 Å². The molecule has 3 radical (unpaired) electrons. The summed E-state index contributed by atoms with van der Waals surface area (Å²) in [6.45, 7) is 8.47. The minimum atomic E-state index is 0. The van der Waals surface area contributed by atoms with E-state index in [1.165, 1.54) is 11.1 Å². The van der Waals surface area contributed by atoms with E-state index < -0.39 is 0 Å². The number of aryl methyl sites for hydroxylation is 1. The molecule has 1 heterocycles. The number of unbranched alkanes of at least 4 members (excludes halogenated alkanes) is 1. The number of hydrogen-bond donors (Lipinski definition) is 0. The molecule has 0 amide bonds. The first kappa shape index (κ1) is 22.3. The molecule has 6 heteroatoms. The number of ether oxygens (including phenoxy) is 5. The second-order valence-corrected chi connectivity index (χ2v) is 5.86. The summed E-state index contributed by atoms with van der Waals surface area (Å²) < 4.78 is 27.6. The Kier molecular flexibility index (Phi) is 12.0. The fourth-order valence-corrected chi connectivity index (χ4v) is 2.53. The SMILES string of the molecule is CCCCOCCOCCOCc1cc2c(cc1CCC)OCO2.[As]. The summed E-state index contributed by atoms with van der Waals surface area (Å²) in [6, 6.07) is 4.12. The summed E-state index contributed by atoms with van der Waals surface area (Å²) in [5.74, 6) is 1.66. The fourth-order valence-electron chi connectivity index (χ4n) is 2.53. The van der Waals surface area contributed by atoms with Gasteiger partial charge in [-0.15, -0.1) is 0 Å². The van der Waals surface area contributed by atoms with Crippen LogP contribution in [0.5, 0.6) is 11.5 Å². The van der Waals surface area contributed by atoms with Crippen LogP contribution in [0.3, 0.4) is 0 Å². The molecule has 0 atom stereocenters. The molecular formula is C19H30AsO5. The van der Waals surface area contributed by atoms with Gasteiger partial charge in [0.25, 0.3) is 0 Å². The van der Waals surface area contributed by atoms with Crippen LogP contribution >= 0.6 is 0 Å². The molecule has 0 saturated heterocycles. The first-order chi connectivity index (χ1) is 11.8. The van der Waals surface area contributed by atoms with Gasteiger partial charge >= 0.3 is 0 Å². The molecule has 1 aliphatic rings. The maximum atomic E-state index is 5.75. The second kappa shape index (κ2) is 13.5. The van der Waals surface area contributed by atoms with Gasteiger partial charge in [0, 0.05) is 24.6 Å². The monoisotopic (exact) mass is 413 g/mol. The Balaban J connectivity index is 0.00000312. The molecule has 141 valence electrons. The third-order valence-electron chi connectivity index (χ3n) is 3.86. The molecule has 0 unspecified atom stereocenters. The van der Waals surface area contributed by atoms with E-state index in [-0.39, 0.29) is 18.0 Å². The average Bonchev–Trinajstić information content (AvgIpc) is 3.04. The Bertz CT molecular complexity index is 481. The van der Waals surface area contributed by atoms with Gasteiger partial charge in [-0.25, -0.2) is 0 Å². The van der Waals surface area contributed by atoms with E-state index in [2.05, 4.69) is 19.9 Å². The molecule has 1 aliphatic heterocycles. The maximum absolute atomic E-state index is 5.75. The van der Waals surface area contributed by atoms with E-state index in [1.807, 2.05) is 6.07 Å². The van der Waals surface area contributed by atoms with Crippen LogP contribution in [0.25, 0.3) is 0 Å². The number of benzene rings is 1. The summed E-state index contributed by atoms with van der Waals surface area (Å²) in [5, 5.41) is 0. The quantitative estimate of drug-likeness (QED) is 0.367. The van der Waals surface area contributed by atoms with Crippen LogP contribution in [0.4, 0.5) is 0 Å². The van der Waals surface area contributed by atoms with Gasteiger partial charge in [-0.1, -0.05) is 26.7 Å². The van der Waals surface area contributed by atoms with Gasteiger partial charge in [0.1, 0.15) is 0 Å². The van der Waals surface area contributed by atoms with E-state index in [0.717, 1.165) is 43.8 Å². The van der Waals surface area contributed by atoms with E-state index in [9.17, 15) is 0 Å². The van der Waals surface area contributed by atoms with Crippen LogP contribution < -0.4 is 9.47 Å². The van der Waals surface area contributed by atoms with Gasteiger partial charge in [0.05, 0.1) is 33.0 Å². The van der Waals surface area contributed by atoms with Crippen molar-refractivity contribution in [2.24, 2.45) is 0 Å². The first-order valence-corrected chi connectivity index (χ1v) is 8.99. The third kappa shape index (κ3) is 8.00. The Morgan fingerprint density at radius 2 is 1.40 bits per heavy atom. The molecule has 0 spiro atoms. The molecule has 0 fully saturated rings. The molecule has 0 aliphatic carbocycles. The van der Waals surface area contributed by atoms with Gasteiger partial charge in [0.2, 0.25) is 6.79 Å². The predicted molar refractivity (Wildman–Crippen MR) is 98.5 cm³/mol. The summed E-state index contributed by atoms with van der Waals surface area (Å²) >= 11 is 0. The average molecular weight is 413 g/mol. The minimum Gasteiger partial charge on any atom is -0.454 e. The molecule has 0 aromatic heterocycles. The minimum absolute atomic E-state index is 0. The third-order valence-corrected chi connectivity index (χ3v) is 3.86. The van der Waals surface area contributed by atoms with Crippen molar-refractivity contribution < 1.29 is 23.7 Å². The molecule has 0 saturated carbocycles. The Morgan fingerprint density at radius 1 is 0.800 bits per heavy atom. The largest absolute Gasteiger partial charge is 0.454 e. The van der Waals surface area contributed by atoms with Gasteiger partial charge in [-0.05, 0) is 36.1 Å². The van der Waals surface area contributed by atoms with Crippen molar-refractivity contribution in [3.63, 3.8) is 0 Å². The van der Waals surface area contributed by atoms with E-state index in [4.69, 9.17) is 23.7 Å². The van der Waals surface area contributed by atoms with E-state index in [0.29, 0.717) is 39.8 Å². The van der Waals surface area contributed by atoms with Crippen molar-refractivity contribution in [3.8, 4) is 11.5 Å². The van der Waals surface area contributed by atoms with Crippen molar-refractivity contribution in [1.82, 2.24) is 0 Å². The predicted octanol–water partition coefficient (Wildman–Crippen LogP) is 3.34. The molecule has 1 aromatic rings. The summed E-state index contributed by atoms with van der Waals surface area (Å²) in [6.07, 6.45) is 4.38. The van der Waals surface area contributed by atoms with Crippen molar-refractivity contribution in [2.75, 3.05) is 39.8 Å². The van der Waals surface area contributed by atoms with Crippen LogP contribution in [-0.2, 0) is 27.2 Å². The molecule has 1 aromatic carbocycles. The second-order valence-electron chi connectivity index (χ2n) is 5.86. The first-order valence-electron chi connectivity index (χ1n) is 8.99. The summed E-state index contributed by atoms with van der Waals surface area (Å²) in [4.78, 5) is 0. The van der Waals surface area contributed by atoms with Gasteiger partial charge < -0.3 is 23.7 Å². The fraction of sp³-hybridized carbons (Fsp3) is 0.684. The van der Waals surface area contributed by atoms with Crippen molar-refractivity contribution in [1.29, 1.82) is 0 Å². The van der Waals surface area contributed by atoms with E-state index >= 15 is 0 Å². The topological polar surface area (TPSA) is 46.2 Å². The zero-order valence-electron chi connectivity index (χ0n) is 15.4. The molecule has 25 heavy (non-hydrogen) atoms. The molecule has 2 rings (SSSR count). The number of hydrogen-bond acceptors (Lipinski definition) is 5. The molecule has 0 N–H and O–H groups in total. The van der Waals surface area contributed by atoms with Gasteiger partial charge in [-0.3, -0.25) is 0 Å². The zero-order chi connectivity index (χ0) is 17.0. The number of fused-ring (bicyclic) bond motifs is 1. The van der Waals surface area contributed by atoms with Crippen molar-refractivity contribution >= 4 is 18.0 Å². The zero-order valence-corrected chi connectivity index (χ0v) is 17.3.